The fourth-order valence-electron chi connectivity index (χ4n) is 3.81. The van der Waals surface area contributed by atoms with Crippen molar-refractivity contribution in [3.8, 4) is 6.07 Å². The normalized spacial score (nSPS) is 35.4. The molecule has 1 heteroatoms. The molecule has 1 saturated carbocycles. The van der Waals surface area contributed by atoms with Gasteiger partial charge in [-0.15, -0.1) is 0 Å². The van der Waals surface area contributed by atoms with Crippen LogP contribution < -0.4 is 0 Å². The summed E-state index contributed by atoms with van der Waals surface area (Å²) < 4.78 is 0. The second kappa shape index (κ2) is 4.63. The second-order valence-electron chi connectivity index (χ2n) is 8.10. The van der Waals surface area contributed by atoms with E-state index in [4.69, 9.17) is 0 Å². The van der Waals surface area contributed by atoms with E-state index in [-0.39, 0.29) is 5.92 Å². The van der Waals surface area contributed by atoms with E-state index >= 15 is 0 Å². The summed E-state index contributed by atoms with van der Waals surface area (Å²) >= 11 is 0. The van der Waals surface area contributed by atoms with Gasteiger partial charge in [-0.2, -0.15) is 5.26 Å². The van der Waals surface area contributed by atoms with Crippen LogP contribution in [0.3, 0.4) is 0 Å². The highest BCUT2D eigenvalue weighted by Gasteiger charge is 2.44. The van der Waals surface area contributed by atoms with Gasteiger partial charge >= 0.3 is 0 Å². The maximum atomic E-state index is 9.29. The van der Waals surface area contributed by atoms with Crippen LogP contribution in [-0.2, 0) is 0 Å². The van der Waals surface area contributed by atoms with Gasteiger partial charge in [-0.1, -0.05) is 48.5 Å². The first-order valence-electron chi connectivity index (χ1n) is 6.97. The highest BCUT2D eigenvalue weighted by molar-refractivity contribution is 4.99. The van der Waals surface area contributed by atoms with Crippen LogP contribution in [-0.4, -0.2) is 0 Å². The SMILES string of the molecule is CC1C(C(C)(C)C)CC(C#N)CC1C(C)(C)C. The number of nitriles is 1. The van der Waals surface area contributed by atoms with Gasteiger partial charge in [0.1, 0.15) is 0 Å². The van der Waals surface area contributed by atoms with E-state index in [0.29, 0.717) is 22.7 Å². The molecule has 98 valence electrons. The van der Waals surface area contributed by atoms with Gasteiger partial charge in [0.05, 0.1) is 6.07 Å². The predicted molar refractivity (Wildman–Crippen MR) is 73.4 cm³/mol. The third-order valence-corrected chi connectivity index (χ3v) is 4.75. The van der Waals surface area contributed by atoms with Crippen LogP contribution in [0.5, 0.6) is 0 Å². The van der Waals surface area contributed by atoms with Gasteiger partial charge in [0.15, 0.2) is 0 Å². The summed E-state index contributed by atoms with van der Waals surface area (Å²) in [6.45, 7) is 16.4. The Morgan fingerprint density at radius 1 is 0.882 bits per heavy atom. The van der Waals surface area contributed by atoms with E-state index < -0.39 is 0 Å². The van der Waals surface area contributed by atoms with Crippen molar-refractivity contribution in [3.05, 3.63) is 0 Å². The van der Waals surface area contributed by atoms with Crippen LogP contribution in [0.4, 0.5) is 0 Å². The minimum Gasteiger partial charge on any atom is -0.198 e. The molecule has 0 radical (unpaired) electrons. The monoisotopic (exact) mass is 235 g/mol. The standard InChI is InChI=1S/C16H29N/c1-11-13(15(2,3)4)8-12(10-17)9-14(11)16(5,6)7/h11-14H,8-9H2,1-7H3. The van der Waals surface area contributed by atoms with E-state index in [0.717, 1.165) is 18.8 Å². The van der Waals surface area contributed by atoms with Crippen LogP contribution in [0.25, 0.3) is 0 Å². The molecule has 0 aromatic carbocycles. The Kier molecular flexibility index (Phi) is 3.97. The lowest BCUT2D eigenvalue weighted by molar-refractivity contribution is 0.00342. The van der Waals surface area contributed by atoms with Gasteiger partial charge in [-0.05, 0) is 41.4 Å². The molecule has 0 bridgehead atoms. The zero-order valence-electron chi connectivity index (χ0n) is 12.7. The Balaban J connectivity index is 2.99. The topological polar surface area (TPSA) is 23.8 Å². The van der Waals surface area contributed by atoms with Crippen molar-refractivity contribution in [1.29, 1.82) is 5.26 Å². The fourth-order valence-corrected chi connectivity index (χ4v) is 3.81. The van der Waals surface area contributed by atoms with E-state index in [1.165, 1.54) is 0 Å². The lowest BCUT2D eigenvalue weighted by Crippen LogP contribution is -2.42. The van der Waals surface area contributed by atoms with E-state index in [1.807, 2.05) is 0 Å². The molecule has 0 aromatic rings. The van der Waals surface area contributed by atoms with Crippen molar-refractivity contribution in [2.24, 2.45) is 34.5 Å². The van der Waals surface area contributed by atoms with Crippen LogP contribution in [0, 0.1) is 45.8 Å². The lowest BCUT2D eigenvalue weighted by atomic mass is 9.55. The zero-order chi connectivity index (χ0) is 13.4. The molecule has 0 amide bonds. The first-order chi connectivity index (χ1) is 7.57. The molecule has 1 aliphatic carbocycles. The Bertz CT molecular complexity index is 273. The minimum absolute atomic E-state index is 0.264. The van der Waals surface area contributed by atoms with Crippen molar-refractivity contribution in [2.45, 2.75) is 61.3 Å². The highest BCUT2D eigenvalue weighted by atomic mass is 14.5. The molecule has 0 heterocycles. The van der Waals surface area contributed by atoms with Crippen LogP contribution in [0.1, 0.15) is 61.3 Å². The summed E-state index contributed by atoms with van der Waals surface area (Å²) in [5.41, 5.74) is 0.636. The van der Waals surface area contributed by atoms with Crippen molar-refractivity contribution >= 4 is 0 Å². The first-order valence-corrected chi connectivity index (χ1v) is 6.97. The quantitative estimate of drug-likeness (QED) is 0.587. The number of hydrogen-bond donors (Lipinski definition) is 0. The summed E-state index contributed by atoms with van der Waals surface area (Å²) in [6.07, 6.45) is 2.18. The number of nitrogens with zero attached hydrogens (tertiary/aromatic N) is 1. The lowest BCUT2D eigenvalue weighted by Gasteiger charge is -2.49. The van der Waals surface area contributed by atoms with Gasteiger partial charge in [0, 0.05) is 5.92 Å². The Hall–Kier alpha value is -0.510. The molecule has 0 N–H and O–H groups in total. The predicted octanol–water partition coefficient (Wildman–Crippen LogP) is 4.88. The van der Waals surface area contributed by atoms with Crippen molar-refractivity contribution in [1.82, 2.24) is 0 Å². The number of hydrogen-bond acceptors (Lipinski definition) is 1. The molecular formula is C16H29N. The maximum Gasteiger partial charge on any atom is 0.0656 e. The molecule has 0 aliphatic heterocycles. The fraction of sp³-hybridized carbons (Fsp3) is 0.938. The van der Waals surface area contributed by atoms with Gasteiger partial charge in [-0.3, -0.25) is 0 Å². The smallest absolute Gasteiger partial charge is 0.0656 e. The number of rotatable bonds is 0. The van der Waals surface area contributed by atoms with Crippen molar-refractivity contribution < 1.29 is 0 Å². The Morgan fingerprint density at radius 2 is 1.24 bits per heavy atom. The minimum atomic E-state index is 0.264. The van der Waals surface area contributed by atoms with Crippen LogP contribution in [0.15, 0.2) is 0 Å². The maximum absolute atomic E-state index is 9.29. The van der Waals surface area contributed by atoms with Gasteiger partial charge in [0.25, 0.3) is 0 Å². The van der Waals surface area contributed by atoms with Gasteiger partial charge < -0.3 is 0 Å². The van der Waals surface area contributed by atoms with Crippen LogP contribution in [0.2, 0.25) is 0 Å². The average Bonchev–Trinajstić information content (AvgIpc) is 2.14. The largest absolute Gasteiger partial charge is 0.198 e. The molecule has 0 spiro atoms. The molecule has 1 fully saturated rings. The van der Waals surface area contributed by atoms with E-state index in [1.54, 1.807) is 0 Å². The molecule has 2 atom stereocenters. The summed E-state index contributed by atoms with van der Waals surface area (Å²) in [4.78, 5) is 0. The molecule has 17 heavy (non-hydrogen) atoms. The molecule has 0 aromatic heterocycles. The van der Waals surface area contributed by atoms with Gasteiger partial charge in [0.2, 0.25) is 0 Å². The molecule has 1 rings (SSSR count). The van der Waals surface area contributed by atoms with Gasteiger partial charge in [-0.25, -0.2) is 0 Å². The highest BCUT2D eigenvalue weighted by Crippen LogP contribution is 2.51. The molecule has 0 saturated heterocycles. The van der Waals surface area contributed by atoms with E-state index in [2.05, 4.69) is 54.5 Å². The first kappa shape index (κ1) is 14.6. The zero-order valence-corrected chi connectivity index (χ0v) is 12.7. The van der Waals surface area contributed by atoms with Crippen molar-refractivity contribution in [2.75, 3.05) is 0 Å². The third kappa shape index (κ3) is 3.24. The molecule has 2 unspecified atom stereocenters. The average molecular weight is 235 g/mol. The molecule has 1 nitrogen and oxygen atoms in total. The van der Waals surface area contributed by atoms with E-state index in [9.17, 15) is 5.26 Å². The van der Waals surface area contributed by atoms with Crippen molar-refractivity contribution in [3.63, 3.8) is 0 Å². The molecular weight excluding hydrogens is 206 g/mol. The van der Waals surface area contributed by atoms with Crippen LogP contribution >= 0.6 is 0 Å². The summed E-state index contributed by atoms with van der Waals surface area (Å²) in [6, 6.07) is 2.53. The summed E-state index contributed by atoms with van der Waals surface area (Å²) in [5.74, 6) is 2.33. The summed E-state index contributed by atoms with van der Waals surface area (Å²) in [7, 11) is 0. The Morgan fingerprint density at radius 3 is 1.47 bits per heavy atom. The third-order valence-electron chi connectivity index (χ3n) is 4.75. The molecule has 1 aliphatic rings. The Labute approximate surface area is 108 Å². The second-order valence-corrected chi connectivity index (χ2v) is 8.10. The summed E-state index contributed by atoms with van der Waals surface area (Å²) in [5, 5.41) is 9.29.